The number of ketones is 1. The monoisotopic (exact) mass is 642 g/mol. The molecule has 7 atom stereocenters. The molecule has 46 heavy (non-hydrogen) atoms. The van der Waals surface area contributed by atoms with Gasteiger partial charge >= 0.3 is 6.03 Å². The minimum absolute atomic E-state index is 0.122. The summed E-state index contributed by atoms with van der Waals surface area (Å²) in [7, 11) is 0. The van der Waals surface area contributed by atoms with Crippen molar-refractivity contribution in [3.05, 3.63) is 0 Å². The smallest absolute Gasteiger partial charge is 0.316 e. The Morgan fingerprint density at radius 2 is 1.52 bits per heavy atom. The highest BCUT2D eigenvalue weighted by molar-refractivity contribution is 6.37. The molecule has 1 spiro atoms. The van der Waals surface area contributed by atoms with Crippen molar-refractivity contribution in [2.24, 2.45) is 45.7 Å². The number of fused-ring (bicyclic) bond motifs is 1. The molecular weight excluding hydrogens is 588 g/mol. The Bertz CT molecular complexity index is 1280. The molecule has 256 valence electrons. The first-order chi connectivity index (χ1) is 21.4. The molecule has 2 aliphatic heterocycles. The highest BCUT2D eigenvalue weighted by Gasteiger charge is 2.97. The number of piperidine rings is 2. The zero-order valence-corrected chi connectivity index (χ0v) is 28.6. The second-order valence-corrected chi connectivity index (χ2v) is 16.5. The standard InChI is InChI=1S/C34H54N6O6/c1-18(2)22(29(44)39-14-9-8-10-15-39)37-31(46)38-25(32(3,4)5)30(45)40-17-20-24-33(6,7)34(20,24)26(40)28(43)36-21(23(41)27(35)42)16-19-12-11-13-19/h18-22,24-26H,8-17H2,1-7H3,(H2,35,42)(H,36,43)(H2,37,38,46)/t20-,21?,22+,24?,25-,26-,34?/m1/s1. The lowest BCUT2D eigenvalue weighted by Crippen LogP contribution is -2.62. The average Bonchev–Trinajstić information content (AvgIpc) is 3.73. The molecule has 3 unspecified atom stereocenters. The Kier molecular flexibility index (Phi) is 9.00. The van der Waals surface area contributed by atoms with Gasteiger partial charge in [-0.15, -0.1) is 0 Å². The largest absolute Gasteiger partial charge is 0.363 e. The summed E-state index contributed by atoms with van der Waals surface area (Å²) in [5.41, 5.74) is 4.07. The van der Waals surface area contributed by atoms with Crippen LogP contribution in [0.25, 0.3) is 0 Å². The SMILES string of the molecule is CC(C)[C@H](NC(=O)N[C@H](C(=O)N1C[C@@H]2C3C(C)(C)C32[C@H]1C(=O)NC(CC1CCC1)C(=O)C(N)=O)C(C)(C)C)C(=O)N1CCCCC1. The van der Waals surface area contributed by atoms with E-state index in [1.165, 1.54) is 0 Å². The van der Waals surface area contributed by atoms with Crippen LogP contribution in [0.3, 0.4) is 0 Å². The molecule has 5 rings (SSSR count). The van der Waals surface area contributed by atoms with Gasteiger partial charge in [-0.3, -0.25) is 24.0 Å². The van der Waals surface area contributed by atoms with Gasteiger partial charge in [0, 0.05) is 25.0 Å². The van der Waals surface area contributed by atoms with Crippen LogP contribution >= 0.6 is 0 Å². The van der Waals surface area contributed by atoms with E-state index in [0.717, 1.165) is 38.5 Å². The summed E-state index contributed by atoms with van der Waals surface area (Å²) in [6.07, 6.45) is 6.19. The molecule has 0 radical (unpaired) electrons. The van der Waals surface area contributed by atoms with Crippen LogP contribution < -0.4 is 21.7 Å². The third-order valence-electron chi connectivity index (χ3n) is 11.9. The van der Waals surface area contributed by atoms with Crippen molar-refractivity contribution < 1.29 is 28.8 Å². The number of hydrogen-bond acceptors (Lipinski definition) is 6. The van der Waals surface area contributed by atoms with Crippen molar-refractivity contribution in [1.29, 1.82) is 0 Å². The summed E-state index contributed by atoms with van der Waals surface area (Å²) >= 11 is 0. The van der Waals surface area contributed by atoms with Gasteiger partial charge in [-0.05, 0) is 60.2 Å². The minimum Gasteiger partial charge on any atom is -0.363 e. The molecule has 0 bridgehead atoms. The van der Waals surface area contributed by atoms with Crippen LogP contribution in [0, 0.1) is 39.9 Å². The van der Waals surface area contributed by atoms with Crippen LogP contribution in [-0.4, -0.2) is 89.0 Å². The van der Waals surface area contributed by atoms with Gasteiger partial charge in [-0.1, -0.05) is 67.7 Å². The molecule has 3 aliphatic carbocycles. The van der Waals surface area contributed by atoms with Crippen LogP contribution in [0.1, 0.15) is 93.4 Å². The van der Waals surface area contributed by atoms with Crippen LogP contribution in [0.4, 0.5) is 4.79 Å². The molecule has 2 saturated heterocycles. The predicted molar refractivity (Wildman–Crippen MR) is 171 cm³/mol. The normalized spacial score (nSPS) is 29.8. The van der Waals surface area contributed by atoms with Gasteiger partial charge in [-0.2, -0.15) is 0 Å². The van der Waals surface area contributed by atoms with Crippen molar-refractivity contribution in [2.75, 3.05) is 19.6 Å². The lowest BCUT2D eigenvalue weighted by molar-refractivity contribution is -0.145. The van der Waals surface area contributed by atoms with Gasteiger partial charge in [0.2, 0.25) is 23.5 Å². The average molecular weight is 643 g/mol. The Labute approximate surface area is 272 Å². The fourth-order valence-corrected chi connectivity index (χ4v) is 9.04. The summed E-state index contributed by atoms with van der Waals surface area (Å²) < 4.78 is 0. The fraction of sp³-hybridized carbons (Fsp3) is 0.824. The number of carbonyl (C=O) groups is 6. The summed E-state index contributed by atoms with van der Waals surface area (Å²) in [5.74, 6) is -2.35. The summed E-state index contributed by atoms with van der Waals surface area (Å²) in [6, 6.07) is -4.22. The number of likely N-dealkylation sites (tertiary alicyclic amines) is 2. The maximum absolute atomic E-state index is 14.4. The molecule has 6 amide bonds. The molecular formula is C34H54N6O6. The quantitative estimate of drug-likeness (QED) is 0.251. The number of carbonyl (C=O) groups excluding carboxylic acids is 6. The number of nitrogens with zero attached hydrogens (tertiary/aromatic N) is 2. The van der Waals surface area contributed by atoms with Gasteiger partial charge in [0.15, 0.2) is 0 Å². The van der Waals surface area contributed by atoms with Gasteiger partial charge in [0.25, 0.3) is 5.91 Å². The number of rotatable bonds is 11. The van der Waals surface area contributed by atoms with E-state index in [-0.39, 0.29) is 40.9 Å². The van der Waals surface area contributed by atoms with Gasteiger partial charge < -0.3 is 31.5 Å². The zero-order chi connectivity index (χ0) is 33.9. The van der Waals surface area contributed by atoms with Crippen molar-refractivity contribution in [3.8, 4) is 0 Å². The first kappa shape index (κ1) is 34.2. The Hall–Kier alpha value is -3.18. The molecule has 2 heterocycles. The second kappa shape index (κ2) is 12.1. The van der Waals surface area contributed by atoms with E-state index < -0.39 is 58.6 Å². The number of primary amides is 1. The van der Waals surface area contributed by atoms with E-state index >= 15 is 0 Å². The van der Waals surface area contributed by atoms with Crippen LogP contribution in [-0.2, 0) is 24.0 Å². The van der Waals surface area contributed by atoms with E-state index in [1.54, 1.807) is 9.80 Å². The van der Waals surface area contributed by atoms with Gasteiger partial charge in [-0.25, -0.2) is 4.79 Å². The Balaban J connectivity index is 1.34. The molecule has 3 saturated carbocycles. The summed E-state index contributed by atoms with van der Waals surface area (Å²) in [4.78, 5) is 83.4. The van der Waals surface area contributed by atoms with E-state index in [1.807, 2.05) is 34.6 Å². The maximum atomic E-state index is 14.4. The lowest BCUT2D eigenvalue weighted by atomic mass is 9.79. The topological polar surface area (TPSA) is 171 Å². The van der Waals surface area contributed by atoms with Gasteiger partial charge in [0.05, 0.1) is 6.04 Å². The van der Waals surface area contributed by atoms with Crippen molar-refractivity contribution in [2.45, 2.75) is 118 Å². The minimum atomic E-state index is -1.09. The van der Waals surface area contributed by atoms with Crippen molar-refractivity contribution in [1.82, 2.24) is 25.8 Å². The van der Waals surface area contributed by atoms with Crippen LogP contribution in [0.2, 0.25) is 0 Å². The fourth-order valence-electron chi connectivity index (χ4n) is 9.04. The third-order valence-corrected chi connectivity index (χ3v) is 11.9. The summed E-state index contributed by atoms with van der Waals surface area (Å²) in [5, 5.41) is 8.56. The van der Waals surface area contributed by atoms with E-state index in [0.29, 0.717) is 26.1 Å². The van der Waals surface area contributed by atoms with E-state index in [2.05, 4.69) is 29.8 Å². The first-order valence-electron chi connectivity index (χ1n) is 17.2. The van der Waals surface area contributed by atoms with Crippen molar-refractivity contribution in [3.63, 3.8) is 0 Å². The number of nitrogens with two attached hydrogens (primary N) is 1. The molecule has 12 heteroatoms. The van der Waals surface area contributed by atoms with E-state index in [9.17, 15) is 28.8 Å². The zero-order valence-electron chi connectivity index (χ0n) is 28.6. The maximum Gasteiger partial charge on any atom is 0.316 e. The van der Waals surface area contributed by atoms with E-state index in [4.69, 9.17) is 5.73 Å². The molecule has 5 aliphatic rings. The molecule has 0 aromatic heterocycles. The molecule has 5 fully saturated rings. The lowest BCUT2D eigenvalue weighted by Gasteiger charge is -2.38. The number of Topliss-reactive ketones (excluding diaryl/α,β-unsaturated/α-hetero) is 1. The molecule has 0 aromatic carbocycles. The molecule has 0 aromatic rings. The van der Waals surface area contributed by atoms with Crippen LogP contribution in [0.5, 0.6) is 0 Å². The Morgan fingerprint density at radius 1 is 0.891 bits per heavy atom. The number of amides is 6. The highest BCUT2D eigenvalue weighted by atomic mass is 16.2. The predicted octanol–water partition coefficient (Wildman–Crippen LogP) is 1.95. The number of hydrogen-bond donors (Lipinski definition) is 4. The second-order valence-electron chi connectivity index (χ2n) is 16.5. The Morgan fingerprint density at radius 3 is 2.02 bits per heavy atom. The third kappa shape index (κ3) is 5.78. The van der Waals surface area contributed by atoms with Crippen molar-refractivity contribution >= 4 is 35.4 Å². The number of urea groups is 1. The molecule has 5 N–H and O–H groups in total. The first-order valence-corrected chi connectivity index (χ1v) is 17.2. The van der Waals surface area contributed by atoms with Gasteiger partial charge in [0.1, 0.15) is 18.1 Å². The summed E-state index contributed by atoms with van der Waals surface area (Å²) in [6.45, 7) is 15.2. The molecule has 12 nitrogen and oxygen atoms in total. The number of nitrogens with one attached hydrogen (secondary N) is 3. The van der Waals surface area contributed by atoms with Crippen LogP contribution in [0.15, 0.2) is 0 Å². The highest BCUT2D eigenvalue weighted by Crippen LogP contribution is 2.95.